The average molecular weight is 335 g/mol. The number of hydrogen-bond donors (Lipinski definition) is 0. The number of nitrogens with zero attached hydrogens (tertiary/aromatic N) is 1. The maximum atomic E-state index is 12.5. The van der Waals surface area contributed by atoms with E-state index in [0.29, 0.717) is 12.0 Å². The largest absolute Gasteiger partial charge is 0.465 e. The number of hydrogen-bond acceptors (Lipinski definition) is 4. The van der Waals surface area contributed by atoms with Crippen LogP contribution in [-0.2, 0) is 20.5 Å². The van der Waals surface area contributed by atoms with Crippen LogP contribution in [0.15, 0.2) is 24.3 Å². The summed E-state index contributed by atoms with van der Waals surface area (Å²) in [6, 6.07) is 5.92. The molecule has 0 aliphatic carbocycles. The van der Waals surface area contributed by atoms with Gasteiger partial charge in [0.25, 0.3) is 6.43 Å². The lowest BCUT2D eigenvalue weighted by Crippen LogP contribution is -2.36. The first-order chi connectivity index (χ1) is 10.3. The number of ether oxygens (including phenoxy) is 1. The zero-order chi connectivity index (χ0) is 16.8. The number of methoxy groups -OCH3 is 1. The molecule has 5 nitrogen and oxygen atoms in total. The Morgan fingerprint density at radius 2 is 2.05 bits per heavy atom. The summed E-state index contributed by atoms with van der Waals surface area (Å²) in [7, 11) is -2.66. The normalized spacial score (nSPS) is 11.9. The van der Waals surface area contributed by atoms with E-state index in [1.807, 2.05) is 0 Å². The minimum Gasteiger partial charge on any atom is -0.465 e. The van der Waals surface area contributed by atoms with Gasteiger partial charge < -0.3 is 4.74 Å². The maximum Gasteiger partial charge on any atom is 0.337 e. The molecule has 0 saturated carbocycles. The van der Waals surface area contributed by atoms with Crippen LogP contribution in [0.3, 0.4) is 0 Å². The fourth-order valence-electron chi connectivity index (χ4n) is 1.96. The topological polar surface area (TPSA) is 63.7 Å². The standard InChI is InChI=1S/C14H19F2NO4S/c1-3-7-17(9-13(15)16)22(19,20)10-11-5-4-6-12(8-11)14(18)21-2/h4-6,8,13H,3,7,9-10H2,1-2H3. The lowest BCUT2D eigenvalue weighted by Gasteiger charge is -2.21. The van der Waals surface area contributed by atoms with Crippen LogP contribution in [0.4, 0.5) is 8.78 Å². The van der Waals surface area contributed by atoms with Crippen molar-refractivity contribution in [1.82, 2.24) is 4.31 Å². The molecular formula is C14H19F2NO4S. The molecular weight excluding hydrogens is 316 g/mol. The molecule has 1 aromatic rings. The quantitative estimate of drug-likeness (QED) is 0.684. The zero-order valence-corrected chi connectivity index (χ0v) is 13.3. The summed E-state index contributed by atoms with van der Waals surface area (Å²) in [6.07, 6.45) is -2.29. The Labute approximate surface area is 128 Å². The molecule has 0 bridgehead atoms. The summed E-state index contributed by atoms with van der Waals surface area (Å²) in [5, 5.41) is 0. The molecule has 0 radical (unpaired) electrons. The van der Waals surface area contributed by atoms with Gasteiger partial charge in [-0.3, -0.25) is 0 Å². The highest BCUT2D eigenvalue weighted by Crippen LogP contribution is 2.15. The Hall–Kier alpha value is -1.54. The van der Waals surface area contributed by atoms with E-state index in [1.165, 1.54) is 31.4 Å². The molecule has 0 amide bonds. The number of carbonyl (C=O) groups is 1. The van der Waals surface area contributed by atoms with Crippen molar-refractivity contribution in [3.8, 4) is 0 Å². The van der Waals surface area contributed by atoms with E-state index in [9.17, 15) is 22.0 Å². The fourth-order valence-corrected chi connectivity index (χ4v) is 3.54. The van der Waals surface area contributed by atoms with E-state index in [1.54, 1.807) is 6.92 Å². The Morgan fingerprint density at radius 3 is 2.59 bits per heavy atom. The third kappa shape index (κ3) is 5.34. The molecule has 0 unspecified atom stereocenters. The smallest absolute Gasteiger partial charge is 0.337 e. The molecule has 0 aliphatic rings. The Bertz CT molecular complexity index is 605. The molecule has 0 N–H and O–H groups in total. The Balaban J connectivity index is 2.97. The predicted octanol–water partition coefficient (Wildman–Crippen LogP) is 2.28. The van der Waals surface area contributed by atoms with Crippen LogP contribution >= 0.6 is 0 Å². The maximum absolute atomic E-state index is 12.5. The monoisotopic (exact) mass is 335 g/mol. The van der Waals surface area contributed by atoms with Crippen molar-refractivity contribution in [3.05, 3.63) is 35.4 Å². The number of sulfonamides is 1. The Kier molecular flexibility index (Phi) is 6.89. The summed E-state index contributed by atoms with van der Waals surface area (Å²) in [4.78, 5) is 11.4. The summed E-state index contributed by atoms with van der Waals surface area (Å²) >= 11 is 0. The van der Waals surface area contributed by atoms with Crippen molar-refractivity contribution in [3.63, 3.8) is 0 Å². The number of alkyl halides is 2. The van der Waals surface area contributed by atoms with E-state index in [2.05, 4.69) is 4.74 Å². The van der Waals surface area contributed by atoms with Crippen molar-refractivity contribution in [2.24, 2.45) is 0 Å². The molecule has 1 rings (SSSR count). The van der Waals surface area contributed by atoms with Crippen LogP contribution in [0, 0.1) is 0 Å². The number of rotatable bonds is 8. The minimum absolute atomic E-state index is 0.0311. The second-order valence-electron chi connectivity index (χ2n) is 4.70. The van der Waals surface area contributed by atoms with Crippen LogP contribution in [0.5, 0.6) is 0 Å². The average Bonchev–Trinajstić information content (AvgIpc) is 2.45. The number of carbonyl (C=O) groups excluding carboxylic acids is 1. The third-order valence-electron chi connectivity index (χ3n) is 2.91. The molecule has 0 heterocycles. The zero-order valence-electron chi connectivity index (χ0n) is 12.5. The van der Waals surface area contributed by atoms with Gasteiger partial charge in [0.2, 0.25) is 10.0 Å². The molecule has 0 aliphatic heterocycles. The van der Waals surface area contributed by atoms with E-state index in [0.717, 1.165) is 4.31 Å². The van der Waals surface area contributed by atoms with Crippen molar-refractivity contribution < 1.29 is 26.7 Å². The summed E-state index contributed by atoms with van der Waals surface area (Å²) in [6.45, 7) is 0.919. The third-order valence-corrected chi connectivity index (χ3v) is 4.72. The molecule has 0 fully saturated rings. The van der Waals surface area contributed by atoms with Gasteiger partial charge in [0, 0.05) is 6.54 Å². The van der Waals surface area contributed by atoms with Gasteiger partial charge in [0.1, 0.15) is 0 Å². The van der Waals surface area contributed by atoms with Crippen molar-refractivity contribution in [2.75, 3.05) is 20.2 Å². The van der Waals surface area contributed by atoms with E-state index in [4.69, 9.17) is 0 Å². The van der Waals surface area contributed by atoms with E-state index < -0.39 is 34.7 Å². The summed E-state index contributed by atoms with van der Waals surface area (Å²) in [5.41, 5.74) is 0.560. The first-order valence-electron chi connectivity index (χ1n) is 6.73. The van der Waals surface area contributed by atoms with Crippen LogP contribution in [0.2, 0.25) is 0 Å². The molecule has 1 aromatic carbocycles. The van der Waals surface area contributed by atoms with E-state index in [-0.39, 0.29) is 12.1 Å². The first kappa shape index (κ1) is 18.5. The molecule has 124 valence electrons. The molecule has 22 heavy (non-hydrogen) atoms. The molecule has 0 atom stereocenters. The minimum atomic E-state index is -3.88. The van der Waals surface area contributed by atoms with Crippen LogP contribution < -0.4 is 0 Å². The van der Waals surface area contributed by atoms with Gasteiger partial charge in [-0.15, -0.1) is 0 Å². The summed E-state index contributed by atoms with van der Waals surface area (Å²) in [5.74, 6) is -1.03. The first-order valence-corrected chi connectivity index (χ1v) is 8.34. The molecule has 0 aromatic heterocycles. The van der Waals surface area contributed by atoms with Gasteiger partial charge in [0.15, 0.2) is 0 Å². The van der Waals surface area contributed by atoms with Gasteiger partial charge in [-0.2, -0.15) is 4.31 Å². The second kappa shape index (κ2) is 8.19. The SMILES string of the molecule is CCCN(CC(F)F)S(=O)(=O)Cc1cccc(C(=O)OC)c1. The van der Waals surface area contributed by atoms with Crippen molar-refractivity contribution >= 4 is 16.0 Å². The number of benzene rings is 1. The lowest BCUT2D eigenvalue weighted by atomic mass is 10.1. The lowest BCUT2D eigenvalue weighted by molar-refractivity contribution is 0.0600. The number of halogens is 2. The highest BCUT2D eigenvalue weighted by molar-refractivity contribution is 7.88. The van der Waals surface area contributed by atoms with Crippen LogP contribution in [0.1, 0.15) is 29.3 Å². The number of esters is 1. The predicted molar refractivity (Wildman–Crippen MR) is 78.3 cm³/mol. The molecule has 0 saturated heterocycles. The highest BCUT2D eigenvalue weighted by atomic mass is 32.2. The van der Waals surface area contributed by atoms with E-state index >= 15 is 0 Å². The van der Waals surface area contributed by atoms with Gasteiger partial charge >= 0.3 is 5.97 Å². The summed E-state index contributed by atoms with van der Waals surface area (Å²) < 4.78 is 54.9. The van der Waals surface area contributed by atoms with Gasteiger partial charge in [-0.25, -0.2) is 22.0 Å². The van der Waals surface area contributed by atoms with Gasteiger partial charge in [-0.1, -0.05) is 19.1 Å². The van der Waals surface area contributed by atoms with Crippen LogP contribution in [0.25, 0.3) is 0 Å². The van der Waals surface area contributed by atoms with Crippen molar-refractivity contribution in [2.45, 2.75) is 25.5 Å². The molecule has 8 heteroatoms. The van der Waals surface area contributed by atoms with Gasteiger partial charge in [-0.05, 0) is 24.1 Å². The Morgan fingerprint density at radius 1 is 1.36 bits per heavy atom. The van der Waals surface area contributed by atoms with Gasteiger partial charge in [0.05, 0.1) is 25.0 Å². The fraction of sp³-hybridized carbons (Fsp3) is 0.500. The van der Waals surface area contributed by atoms with Crippen LogP contribution in [-0.4, -0.2) is 45.3 Å². The second-order valence-corrected chi connectivity index (χ2v) is 6.67. The van der Waals surface area contributed by atoms with Crippen molar-refractivity contribution in [1.29, 1.82) is 0 Å². The highest BCUT2D eigenvalue weighted by Gasteiger charge is 2.25. The molecule has 0 spiro atoms.